The van der Waals surface area contributed by atoms with Crippen LogP contribution < -0.4 is 5.32 Å². The molecule has 1 saturated heterocycles. The van der Waals surface area contributed by atoms with Crippen LogP contribution in [0.15, 0.2) is 42.6 Å². The topological polar surface area (TPSA) is 37.0 Å². The van der Waals surface area contributed by atoms with Crippen molar-refractivity contribution in [2.75, 3.05) is 11.9 Å². The molecule has 0 unspecified atom stereocenters. The zero-order valence-corrected chi connectivity index (χ0v) is 12.9. The Balaban J connectivity index is 1.64. The van der Waals surface area contributed by atoms with Crippen LogP contribution in [-0.2, 0) is 4.74 Å². The highest BCUT2D eigenvalue weighted by atomic mass is 19.1. The number of ether oxygens (including phenoxy) is 1. The Bertz CT molecular complexity index is 936. The van der Waals surface area contributed by atoms with Crippen LogP contribution in [0.3, 0.4) is 0 Å². The van der Waals surface area contributed by atoms with Crippen molar-refractivity contribution in [2.45, 2.75) is 18.6 Å². The summed E-state index contributed by atoms with van der Waals surface area (Å²) in [4.78, 5) is 3.16. The van der Waals surface area contributed by atoms with Crippen LogP contribution in [0.4, 0.5) is 14.5 Å². The van der Waals surface area contributed by atoms with Gasteiger partial charge in [-0.05, 0) is 48.4 Å². The summed E-state index contributed by atoms with van der Waals surface area (Å²) in [5, 5.41) is 4.55. The average Bonchev–Trinajstić information content (AvgIpc) is 3.21. The molecule has 122 valence electrons. The second-order valence-electron chi connectivity index (χ2n) is 6.53. The van der Waals surface area contributed by atoms with E-state index in [4.69, 9.17) is 4.74 Å². The number of rotatable bonds is 1. The summed E-state index contributed by atoms with van der Waals surface area (Å²) in [7, 11) is 0. The smallest absolute Gasteiger partial charge is 0.125 e. The van der Waals surface area contributed by atoms with Gasteiger partial charge in [-0.25, -0.2) is 8.78 Å². The lowest BCUT2D eigenvalue weighted by Crippen LogP contribution is -2.29. The van der Waals surface area contributed by atoms with Crippen LogP contribution in [0, 0.1) is 17.6 Å². The van der Waals surface area contributed by atoms with Gasteiger partial charge < -0.3 is 15.0 Å². The number of halogens is 2. The first kappa shape index (κ1) is 14.0. The highest BCUT2D eigenvalue weighted by molar-refractivity contribution is 5.84. The number of anilines is 1. The lowest BCUT2D eigenvalue weighted by Gasteiger charge is -2.36. The first-order valence-corrected chi connectivity index (χ1v) is 8.15. The van der Waals surface area contributed by atoms with Gasteiger partial charge in [0.05, 0.1) is 12.1 Å². The first-order valence-electron chi connectivity index (χ1n) is 8.15. The van der Waals surface area contributed by atoms with Crippen molar-refractivity contribution < 1.29 is 13.5 Å². The minimum Gasteiger partial charge on any atom is -0.377 e. The molecule has 0 bridgehead atoms. The van der Waals surface area contributed by atoms with Crippen molar-refractivity contribution in [3.63, 3.8) is 0 Å². The maximum atomic E-state index is 13.6. The van der Waals surface area contributed by atoms with Crippen LogP contribution in [0.2, 0.25) is 0 Å². The quantitative estimate of drug-likeness (QED) is 0.681. The van der Waals surface area contributed by atoms with Gasteiger partial charge in [-0.2, -0.15) is 0 Å². The van der Waals surface area contributed by atoms with E-state index in [1.54, 1.807) is 12.1 Å². The zero-order chi connectivity index (χ0) is 16.3. The number of hydrogen-bond acceptors (Lipinski definition) is 2. The van der Waals surface area contributed by atoms with Crippen LogP contribution in [-0.4, -0.2) is 11.6 Å². The molecular formula is C19H16F2N2O. The number of aromatic nitrogens is 1. The maximum absolute atomic E-state index is 13.6. The molecule has 5 rings (SSSR count). The Hall–Kier alpha value is -2.40. The predicted octanol–water partition coefficient (Wildman–Crippen LogP) is 4.69. The molecular weight excluding hydrogens is 310 g/mol. The summed E-state index contributed by atoms with van der Waals surface area (Å²) in [6, 6.07) is 9.64. The molecule has 1 fully saturated rings. The van der Waals surface area contributed by atoms with Crippen molar-refractivity contribution in [3.8, 4) is 0 Å². The largest absolute Gasteiger partial charge is 0.377 e. The lowest BCUT2D eigenvalue weighted by atomic mass is 9.81. The number of nitrogens with one attached hydrogen (secondary N) is 2. The van der Waals surface area contributed by atoms with E-state index in [0.717, 1.165) is 34.1 Å². The fourth-order valence-corrected chi connectivity index (χ4v) is 4.13. The second-order valence-corrected chi connectivity index (χ2v) is 6.53. The van der Waals surface area contributed by atoms with E-state index in [2.05, 4.69) is 10.3 Å². The summed E-state index contributed by atoms with van der Waals surface area (Å²) < 4.78 is 33.0. The third-order valence-electron chi connectivity index (χ3n) is 5.21. The summed E-state index contributed by atoms with van der Waals surface area (Å²) in [5.74, 6) is -0.274. The van der Waals surface area contributed by atoms with E-state index < -0.39 is 0 Å². The fourth-order valence-electron chi connectivity index (χ4n) is 4.13. The van der Waals surface area contributed by atoms with Gasteiger partial charge in [-0.1, -0.05) is 0 Å². The van der Waals surface area contributed by atoms with Crippen molar-refractivity contribution in [2.24, 2.45) is 5.92 Å². The van der Waals surface area contributed by atoms with Gasteiger partial charge in [-0.3, -0.25) is 0 Å². The minimum atomic E-state index is -0.254. The van der Waals surface area contributed by atoms with Gasteiger partial charge in [0.2, 0.25) is 0 Å². The van der Waals surface area contributed by atoms with E-state index in [-0.39, 0.29) is 29.7 Å². The standard InChI is InChI=1S/C19H16F2N2O/c20-10-2-4-16-14(7-10)19-13(5-6-24-19)18(23-16)15-9-22-17-8-11(21)1-3-12(15)17/h1-4,7-9,13,18-19,22-23H,5-6H2/t13-,18+,19-/m0/s1. The molecule has 2 aliphatic rings. The Morgan fingerprint density at radius 1 is 1.00 bits per heavy atom. The Morgan fingerprint density at radius 3 is 2.75 bits per heavy atom. The van der Waals surface area contributed by atoms with Crippen LogP contribution >= 0.6 is 0 Å². The molecule has 3 atom stereocenters. The average molecular weight is 326 g/mol. The summed E-state index contributed by atoms with van der Waals surface area (Å²) in [6.07, 6.45) is 2.74. The maximum Gasteiger partial charge on any atom is 0.125 e. The number of H-pyrrole nitrogens is 1. The minimum absolute atomic E-state index is 0.0506. The second kappa shape index (κ2) is 5.05. The van der Waals surface area contributed by atoms with Crippen LogP contribution in [0.5, 0.6) is 0 Å². The lowest BCUT2D eigenvalue weighted by molar-refractivity contribution is 0.0828. The molecule has 2 aliphatic heterocycles. The first-order chi connectivity index (χ1) is 11.7. The van der Waals surface area contributed by atoms with Crippen molar-refractivity contribution in [3.05, 3.63) is 65.4 Å². The number of hydrogen-bond donors (Lipinski definition) is 2. The normalized spacial score (nSPS) is 25.3. The van der Waals surface area contributed by atoms with Gasteiger partial charge in [0.15, 0.2) is 0 Å². The van der Waals surface area contributed by atoms with Crippen molar-refractivity contribution >= 4 is 16.6 Å². The third-order valence-corrected chi connectivity index (χ3v) is 5.21. The van der Waals surface area contributed by atoms with E-state index in [9.17, 15) is 8.78 Å². The van der Waals surface area contributed by atoms with Crippen molar-refractivity contribution in [1.82, 2.24) is 4.98 Å². The molecule has 0 aliphatic carbocycles. The zero-order valence-electron chi connectivity index (χ0n) is 12.9. The van der Waals surface area contributed by atoms with Crippen LogP contribution in [0.1, 0.15) is 29.7 Å². The summed E-state index contributed by atoms with van der Waals surface area (Å²) >= 11 is 0. The van der Waals surface area contributed by atoms with E-state index in [1.807, 2.05) is 12.3 Å². The number of fused-ring (bicyclic) bond motifs is 4. The molecule has 0 spiro atoms. The highest BCUT2D eigenvalue weighted by Crippen LogP contribution is 2.50. The molecule has 0 saturated carbocycles. The molecule has 0 amide bonds. The van der Waals surface area contributed by atoms with Gasteiger partial charge >= 0.3 is 0 Å². The fraction of sp³-hybridized carbons (Fsp3) is 0.263. The Kier molecular flexibility index (Phi) is 2.94. The summed E-state index contributed by atoms with van der Waals surface area (Å²) in [6.45, 7) is 0.667. The SMILES string of the molecule is Fc1ccc2c(c1)[C@H]1OCC[C@H]1[C@H](c1c[nH]c3cc(F)ccc13)N2. The molecule has 2 N–H and O–H groups in total. The molecule has 3 nitrogen and oxygen atoms in total. The molecule has 1 aromatic heterocycles. The number of benzene rings is 2. The highest BCUT2D eigenvalue weighted by Gasteiger charge is 2.42. The van der Waals surface area contributed by atoms with E-state index in [0.29, 0.717) is 6.61 Å². The predicted molar refractivity (Wildman–Crippen MR) is 87.8 cm³/mol. The summed E-state index contributed by atoms with van der Waals surface area (Å²) in [5.41, 5.74) is 3.67. The number of aromatic amines is 1. The molecule has 3 aromatic rings. The van der Waals surface area contributed by atoms with Gasteiger partial charge in [0.25, 0.3) is 0 Å². The van der Waals surface area contributed by atoms with Crippen molar-refractivity contribution in [1.29, 1.82) is 0 Å². The monoisotopic (exact) mass is 326 g/mol. The Morgan fingerprint density at radius 2 is 1.83 bits per heavy atom. The van der Waals surface area contributed by atoms with E-state index in [1.165, 1.54) is 18.2 Å². The third kappa shape index (κ3) is 1.97. The molecule has 0 radical (unpaired) electrons. The van der Waals surface area contributed by atoms with Gasteiger partial charge in [0, 0.05) is 40.9 Å². The molecule has 24 heavy (non-hydrogen) atoms. The Labute approximate surface area is 137 Å². The molecule has 5 heteroatoms. The van der Waals surface area contributed by atoms with Crippen LogP contribution in [0.25, 0.3) is 10.9 Å². The molecule has 3 heterocycles. The molecule has 2 aromatic carbocycles. The van der Waals surface area contributed by atoms with Gasteiger partial charge in [-0.15, -0.1) is 0 Å². The van der Waals surface area contributed by atoms with Gasteiger partial charge in [0.1, 0.15) is 11.6 Å². The van der Waals surface area contributed by atoms with E-state index >= 15 is 0 Å².